The zero-order valence-corrected chi connectivity index (χ0v) is 47.7. The molecule has 1 unspecified atom stereocenters. The number of pyridine rings is 1. The minimum absolute atomic E-state index is 0.000469. The largest absolute Gasteiger partial charge is 0.486 e. The number of thiazole rings is 1. The lowest BCUT2D eigenvalue weighted by molar-refractivity contribution is -0.142. The molecule has 4 fully saturated rings. The number of amides is 2. The number of aromatic nitrogens is 8. The molecule has 0 radical (unpaired) electrons. The summed E-state index contributed by atoms with van der Waals surface area (Å²) >= 11 is 1.53. The van der Waals surface area contributed by atoms with Gasteiger partial charge in [-0.15, -0.1) is 11.3 Å². The smallest absolute Gasteiger partial charge is 0.319 e. The van der Waals surface area contributed by atoms with Gasteiger partial charge < -0.3 is 49.8 Å². The molecule has 83 heavy (non-hydrogen) atoms. The van der Waals surface area contributed by atoms with E-state index < -0.39 is 54.0 Å². The summed E-state index contributed by atoms with van der Waals surface area (Å²) in [6.07, 6.45) is 5.06. The van der Waals surface area contributed by atoms with Crippen molar-refractivity contribution in [3.05, 3.63) is 117 Å². The number of methoxy groups -OCH3 is 1. The first-order chi connectivity index (χ1) is 40.1. The molecule has 430 valence electrons. The van der Waals surface area contributed by atoms with E-state index >= 15 is 4.39 Å². The average molecular weight is 1150 g/mol. The van der Waals surface area contributed by atoms with Gasteiger partial charge in [-0.2, -0.15) is 20.2 Å². The van der Waals surface area contributed by atoms with Crippen molar-refractivity contribution in [2.24, 2.45) is 5.92 Å². The molecule has 3 aliphatic heterocycles. The number of rotatable bonds is 18. The molecule has 1 saturated carbocycles. The van der Waals surface area contributed by atoms with Gasteiger partial charge >= 0.3 is 6.01 Å². The zero-order valence-electron chi connectivity index (χ0n) is 46.9. The van der Waals surface area contributed by atoms with E-state index in [0.717, 1.165) is 76.2 Å². The van der Waals surface area contributed by atoms with E-state index in [0.29, 0.717) is 61.4 Å². The fourth-order valence-electron chi connectivity index (χ4n) is 12.6. The fraction of sp³-hybridized carbons (Fsp3) is 0.410. The van der Waals surface area contributed by atoms with Gasteiger partial charge in [0.1, 0.15) is 42.4 Å². The lowest BCUT2D eigenvalue weighted by Crippen LogP contribution is -2.50. The van der Waals surface area contributed by atoms with Crippen LogP contribution in [-0.4, -0.2) is 137 Å². The molecule has 20 nitrogen and oxygen atoms in total. The summed E-state index contributed by atoms with van der Waals surface area (Å²) < 4.78 is 36.7. The topological polar surface area (TPSA) is 251 Å². The highest BCUT2D eigenvalue weighted by molar-refractivity contribution is 7.13. The number of anilines is 1. The minimum atomic E-state index is -1.04. The molecule has 6 N–H and O–H groups in total. The number of ether oxygens (including phenoxy) is 3. The lowest BCUT2D eigenvalue weighted by Gasteiger charge is -2.30. The summed E-state index contributed by atoms with van der Waals surface area (Å²) in [5.41, 5.74) is 9.09. The van der Waals surface area contributed by atoms with Crippen molar-refractivity contribution in [1.29, 1.82) is 0 Å². The molecule has 0 spiro atoms. The number of carbonyl (C=O) groups excluding carboxylic acids is 2. The molecule has 2 bridgehead atoms. The average Bonchev–Trinajstić information content (AvgIpc) is 3.51. The SMILES string of the molecule is CO[C@@H](C)COc1nc(N2C[C@@H]3C[C@H]2CN3)c2cc(C3CC3)c(-c3c(C)c(F)cc4[nH]ncc34)c(OCc3ccc4c(c3)[nH]c(=O)c3nn(C(C(=O)N5C[C@H](O)C[C@H]5C(=O)N[C@@H](CO)c5ccc(-c6scnc6C)cc5)C(C)C)cc34)c2n1. The molecule has 22 heteroatoms. The number of aryl methyl sites for hydroxylation is 1. The number of aliphatic hydroxyl groups excluding tert-OH is 2. The first-order valence-electron chi connectivity index (χ1n) is 28.4. The number of nitrogens with one attached hydrogen (secondary N) is 4. The number of piperazine rings is 1. The zero-order chi connectivity index (χ0) is 57.5. The Balaban J connectivity index is 0.834. The van der Waals surface area contributed by atoms with E-state index in [2.05, 4.69) is 41.8 Å². The van der Waals surface area contributed by atoms with Gasteiger partial charge in [0.05, 0.1) is 52.7 Å². The predicted molar refractivity (Wildman–Crippen MR) is 313 cm³/mol. The van der Waals surface area contributed by atoms with Crippen LogP contribution in [0.5, 0.6) is 11.8 Å². The molecule has 8 heterocycles. The van der Waals surface area contributed by atoms with Gasteiger partial charge in [0, 0.05) is 89.6 Å². The lowest BCUT2D eigenvalue weighted by atomic mass is 9.88. The number of benzene rings is 4. The maximum atomic E-state index is 16.2. The van der Waals surface area contributed by atoms with E-state index in [1.165, 1.54) is 27.0 Å². The first-order valence-corrected chi connectivity index (χ1v) is 29.3. The molecule has 9 aromatic rings. The van der Waals surface area contributed by atoms with Crippen molar-refractivity contribution in [2.75, 3.05) is 44.9 Å². The third-order valence-corrected chi connectivity index (χ3v) is 18.1. The monoisotopic (exact) mass is 1140 g/mol. The molecule has 3 saturated heterocycles. The summed E-state index contributed by atoms with van der Waals surface area (Å²) in [4.78, 5) is 65.4. The van der Waals surface area contributed by atoms with Crippen molar-refractivity contribution in [2.45, 2.75) is 115 Å². The summed E-state index contributed by atoms with van der Waals surface area (Å²) in [6, 6.07) is 14.8. The van der Waals surface area contributed by atoms with Crippen molar-refractivity contribution in [3.8, 4) is 33.3 Å². The van der Waals surface area contributed by atoms with Gasteiger partial charge in [-0.05, 0) is 97.9 Å². The number of likely N-dealkylation sites (tertiary alicyclic amines) is 1. The normalized spacial score (nSPS) is 19.9. The first kappa shape index (κ1) is 54.4. The molecular weight excluding hydrogens is 1080 g/mol. The Bertz CT molecular complexity index is 4060. The number of aliphatic hydroxyl groups is 2. The van der Waals surface area contributed by atoms with Crippen molar-refractivity contribution in [1.82, 2.24) is 55.4 Å². The Morgan fingerprint density at radius 2 is 1.76 bits per heavy atom. The predicted octanol–water partition coefficient (Wildman–Crippen LogP) is 7.67. The van der Waals surface area contributed by atoms with E-state index in [-0.39, 0.29) is 61.7 Å². The standard InChI is InChI=1S/C61H65FN12O8S/c1-29(2)54(60(79)73-23-39(76)17-49(73)58(77)67-48(25-75)35-10-12-36(13-11-35)56-32(5)64-28-83-56)74-24-44-40-14-7-33(15-46(40)66-59(78)53(44)71-74)27-81-55-51(50-31(4)45(62)19-47-43(50)21-65-70-47)41(34-8-9-34)18-42-52(55)68-61(82-26-30(3)80-6)69-57(42)72-22-37-16-38(72)20-63-37/h7,10-15,18-19,21,24,28-30,34,37-39,48-49,54,63,75-76H,8-9,16-17,20,22-23,25-27H2,1-6H3,(H,65,70)(H,66,78)(H,67,77)/t30-,37-,38-,39+,48-,49-,54?/m0/s1. The molecule has 13 rings (SSSR count). The maximum Gasteiger partial charge on any atom is 0.319 e. The van der Waals surface area contributed by atoms with Crippen LogP contribution in [0.4, 0.5) is 10.2 Å². The van der Waals surface area contributed by atoms with Crippen molar-refractivity contribution < 1.29 is 38.4 Å². The number of nitrogens with zero attached hydrogens (tertiary/aromatic N) is 8. The molecular formula is C61H65FN12O8S. The van der Waals surface area contributed by atoms with E-state index in [9.17, 15) is 24.6 Å². The Morgan fingerprint density at radius 3 is 2.47 bits per heavy atom. The maximum absolute atomic E-state index is 16.2. The molecule has 2 amide bonds. The summed E-state index contributed by atoms with van der Waals surface area (Å²) in [6.45, 7) is 10.7. The van der Waals surface area contributed by atoms with Crippen LogP contribution in [0, 0.1) is 25.6 Å². The molecule has 5 aromatic heterocycles. The molecule has 7 atom stereocenters. The summed E-state index contributed by atoms with van der Waals surface area (Å²) in [5, 5.41) is 42.8. The highest BCUT2D eigenvalue weighted by atomic mass is 32.1. The van der Waals surface area contributed by atoms with Crippen LogP contribution < -0.4 is 30.6 Å². The minimum Gasteiger partial charge on any atom is -0.486 e. The van der Waals surface area contributed by atoms with Gasteiger partial charge in [-0.3, -0.25) is 24.2 Å². The van der Waals surface area contributed by atoms with Crippen LogP contribution in [0.1, 0.15) is 92.4 Å². The second-order valence-electron chi connectivity index (χ2n) is 23.1. The number of halogens is 1. The molecule has 4 aliphatic rings. The Morgan fingerprint density at radius 1 is 0.940 bits per heavy atom. The van der Waals surface area contributed by atoms with Gasteiger partial charge in [-0.25, -0.2) is 9.37 Å². The van der Waals surface area contributed by atoms with Crippen molar-refractivity contribution in [3.63, 3.8) is 0 Å². The third kappa shape index (κ3) is 9.92. The number of H-pyrrole nitrogens is 2. The quantitative estimate of drug-likeness (QED) is 0.0482. The van der Waals surface area contributed by atoms with Crippen molar-refractivity contribution >= 4 is 72.6 Å². The van der Waals surface area contributed by atoms with Crippen LogP contribution in [0.15, 0.2) is 77.3 Å². The highest BCUT2D eigenvalue weighted by Gasteiger charge is 2.44. The second kappa shape index (κ2) is 21.7. The highest BCUT2D eigenvalue weighted by Crippen LogP contribution is 2.53. The van der Waals surface area contributed by atoms with Crippen LogP contribution in [0.25, 0.3) is 65.2 Å². The van der Waals surface area contributed by atoms with Gasteiger partial charge in [0.15, 0.2) is 11.3 Å². The Hall–Kier alpha value is -7.89. The Kier molecular flexibility index (Phi) is 14.2. The van der Waals surface area contributed by atoms with E-state index in [1.54, 1.807) is 31.9 Å². The van der Waals surface area contributed by atoms with Gasteiger partial charge in [0.25, 0.3) is 5.56 Å². The number of β-amino-alcohol motifs (C(OH)–C–C–N with tert-alkyl or cyclic N) is 1. The molecule has 4 aromatic carbocycles. The number of carbonyl (C=O) groups is 2. The van der Waals surface area contributed by atoms with Crippen LogP contribution >= 0.6 is 11.3 Å². The van der Waals surface area contributed by atoms with Crippen LogP contribution in [0.2, 0.25) is 0 Å². The van der Waals surface area contributed by atoms with Crippen LogP contribution in [-0.2, 0) is 20.9 Å². The fourth-order valence-corrected chi connectivity index (χ4v) is 13.4. The van der Waals surface area contributed by atoms with Gasteiger partial charge in [-0.1, -0.05) is 50.2 Å². The summed E-state index contributed by atoms with van der Waals surface area (Å²) in [7, 11) is 1.62. The third-order valence-electron chi connectivity index (χ3n) is 17.1. The summed E-state index contributed by atoms with van der Waals surface area (Å²) in [5.74, 6) is -0.348. The number of hydrogen-bond donors (Lipinski definition) is 6. The van der Waals surface area contributed by atoms with Gasteiger partial charge in [0.2, 0.25) is 11.8 Å². The number of aromatic amines is 2. The second-order valence-corrected chi connectivity index (χ2v) is 23.9. The molecule has 1 aliphatic carbocycles. The number of hydrogen-bond acceptors (Lipinski definition) is 16. The number of fused-ring (bicyclic) bond motifs is 7. The van der Waals surface area contributed by atoms with E-state index in [1.807, 2.05) is 70.2 Å². The van der Waals surface area contributed by atoms with Crippen LogP contribution in [0.3, 0.4) is 0 Å². The Labute approximate surface area is 480 Å². The van der Waals surface area contributed by atoms with E-state index in [4.69, 9.17) is 29.3 Å².